The van der Waals surface area contributed by atoms with Crippen LogP contribution in [-0.2, 0) is 6.42 Å². The van der Waals surface area contributed by atoms with Gasteiger partial charge in [0, 0.05) is 12.5 Å². The molecule has 94 valence electrons. The van der Waals surface area contributed by atoms with Gasteiger partial charge in [0.05, 0.1) is 5.69 Å². The van der Waals surface area contributed by atoms with Crippen LogP contribution in [-0.4, -0.2) is 33.5 Å². The number of benzene rings is 1. The maximum absolute atomic E-state index is 5.49. The topological polar surface area (TPSA) is 88.1 Å². The lowest BCUT2D eigenvalue weighted by atomic mass is 10.2. The van der Waals surface area contributed by atoms with Gasteiger partial charge in [-0.15, -0.1) is 5.10 Å². The third-order valence-corrected chi connectivity index (χ3v) is 2.74. The molecule has 1 aromatic heterocycles. The van der Waals surface area contributed by atoms with Gasteiger partial charge < -0.3 is 15.2 Å². The number of aryl methyl sites for hydroxylation is 1. The number of rotatable bonds is 4. The maximum atomic E-state index is 5.49. The van der Waals surface area contributed by atoms with Crippen molar-refractivity contribution in [2.45, 2.75) is 12.8 Å². The van der Waals surface area contributed by atoms with E-state index in [-0.39, 0.29) is 6.79 Å². The molecule has 0 saturated carbocycles. The van der Waals surface area contributed by atoms with Crippen molar-refractivity contribution in [2.24, 2.45) is 5.73 Å². The van der Waals surface area contributed by atoms with Gasteiger partial charge in [-0.05, 0) is 35.5 Å². The van der Waals surface area contributed by atoms with Crippen LogP contribution in [0.15, 0.2) is 18.2 Å². The number of nitrogens with zero attached hydrogens (tertiary/aromatic N) is 4. The fourth-order valence-corrected chi connectivity index (χ4v) is 1.84. The second kappa shape index (κ2) is 4.61. The van der Waals surface area contributed by atoms with Crippen molar-refractivity contribution < 1.29 is 9.47 Å². The molecule has 0 aliphatic carbocycles. The lowest BCUT2D eigenvalue weighted by Crippen LogP contribution is -2.07. The summed E-state index contributed by atoms with van der Waals surface area (Å²) in [6.45, 7) is 0.877. The van der Waals surface area contributed by atoms with E-state index in [0.29, 0.717) is 12.3 Å². The Morgan fingerprint density at radius 2 is 2.17 bits per heavy atom. The highest BCUT2D eigenvalue weighted by Crippen LogP contribution is 2.33. The Kier molecular flexibility index (Phi) is 2.81. The lowest BCUT2D eigenvalue weighted by Gasteiger charge is -2.05. The Hall–Kier alpha value is -2.15. The quantitative estimate of drug-likeness (QED) is 0.835. The average molecular weight is 247 g/mol. The van der Waals surface area contributed by atoms with E-state index in [1.165, 1.54) is 0 Å². The molecule has 0 fully saturated rings. The number of fused-ring (bicyclic) bond motifs is 1. The van der Waals surface area contributed by atoms with E-state index in [9.17, 15) is 0 Å². The number of tetrazole rings is 1. The van der Waals surface area contributed by atoms with E-state index in [1.54, 1.807) is 4.68 Å². The van der Waals surface area contributed by atoms with Crippen LogP contribution >= 0.6 is 0 Å². The standard InChI is InChI=1S/C11H13N5O2/c12-5-1-2-11-13-14-15-16(11)8-3-4-9-10(6-8)18-7-17-9/h3-4,6H,1-2,5,7,12H2. The van der Waals surface area contributed by atoms with Gasteiger partial charge in [-0.1, -0.05) is 0 Å². The van der Waals surface area contributed by atoms with Crippen LogP contribution in [0.2, 0.25) is 0 Å². The Balaban J connectivity index is 1.92. The van der Waals surface area contributed by atoms with E-state index in [1.807, 2.05) is 18.2 Å². The Morgan fingerprint density at radius 1 is 1.28 bits per heavy atom. The molecule has 2 aromatic rings. The molecule has 18 heavy (non-hydrogen) atoms. The summed E-state index contributed by atoms with van der Waals surface area (Å²) in [7, 11) is 0. The van der Waals surface area contributed by atoms with Crippen molar-refractivity contribution in [3.05, 3.63) is 24.0 Å². The third-order valence-electron chi connectivity index (χ3n) is 2.74. The van der Waals surface area contributed by atoms with Crippen molar-refractivity contribution in [1.29, 1.82) is 0 Å². The molecule has 0 saturated heterocycles. The van der Waals surface area contributed by atoms with Gasteiger partial charge in [-0.25, -0.2) is 0 Å². The summed E-state index contributed by atoms with van der Waals surface area (Å²) in [5, 5.41) is 11.7. The summed E-state index contributed by atoms with van der Waals surface area (Å²) in [6.07, 6.45) is 1.60. The summed E-state index contributed by atoms with van der Waals surface area (Å²) in [5.74, 6) is 2.25. The molecule has 0 bridgehead atoms. The second-order valence-corrected chi connectivity index (χ2v) is 3.94. The number of aromatic nitrogens is 4. The average Bonchev–Trinajstić information content (AvgIpc) is 3.03. The largest absolute Gasteiger partial charge is 0.454 e. The van der Waals surface area contributed by atoms with Crippen LogP contribution in [0.5, 0.6) is 11.5 Å². The minimum absolute atomic E-state index is 0.258. The molecule has 1 aliphatic heterocycles. The van der Waals surface area contributed by atoms with Crippen molar-refractivity contribution in [3.8, 4) is 17.2 Å². The molecular formula is C11H13N5O2. The summed E-state index contributed by atoms with van der Waals surface area (Å²) >= 11 is 0. The van der Waals surface area contributed by atoms with Gasteiger partial charge in [0.15, 0.2) is 17.3 Å². The van der Waals surface area contributed by atoms with E-state index >= 15 is 0 Å². The Labute approximate surface area is 103 Å². The maximum Gasteiger partial charge on any atom is 0.231 e. The van der Waals surface area contributed by atoms with Crippen LogP contribution in [0, 0.1) is 0 Å². The van der Waals surface area contributed by atoms with Crippen LogP contribution in [0.25, 0.3) is 5.69 Å². The Bertz CT molecular complexity index is 554. The smallest absolute Gasteiger partial charge is 0.231 e. The van der Waals surface area contributed by atoms with Gasteiger partial charge in [0.1, 0.15) is 0 Å². The highest BCUT2D eigenvalue weighted by molar-refractivity contribution is 5.49. The first kappa shape index (κ1) is 11.0. The molecule has 1 aromatic carbocycles. The first-order chi connectivity index (χ1) is 8.88. The molecule has 0 amide bonds. The first-order valence-corrected chi connectivity index (χ1v) is 5.76. The zero-order valence-electron chi connectivity index (χ0n) is 9.74. The molecule has 0 spiro atoms. The van der Waals surface area contributed by atoms with Crippen molar-refractivity contribution >= 4 is 0 Å². The van der Waals surface area contributed by atoms with Gasteiger partial charge >= 0.3 is 0 Å². The molecular weight excluding hydrogens is 234 g/mol. The lowest BCUT2D eigenvalue weighted by molar-refractivity contribution is 0.174. The van der Waals surface area contributed by atoms with Crippen molar-refractivity contribution in [2.75, 3.05) is 13.3 Å². The number of hydrogen-bond donors (Lipinski definition) is 1. The molecule has 7 heteroatoms. The normalized spacial score (nSPS) is 12.9. The SMILES string of the molecule is NCCCc1nnnn1-c1ccc2c(c1)OCO2. The zero-order valence-corrected chi connectivity index (χ0v) is 9.74. The van der Waals surface area contributed by atoms with E-state index in [4.69, 9.17) is 15.2 Å². The first-order valence-electron chi connectivity index (χ1n) is 5.76. The van der Waals surface area contributed by atoms with Crippen LogP contribution in [0.3, 0.4) is 0 Å². The Morgan fingerprint density at radius 3 is 3.06 bits per heavy atom. The molecule has 0 atom stereocenters. The molecule has 2 heterocycles. The molecule has 2 N–H and O–H groups in total. The summed E-state index contributed by atoms with van der Waals surface area (Å²) < 4.78 is 12.3. The minimum atomic E-state index is 0.258. The van der Waals surface area contributed by atoms with Crippen molar-refractivity contribution in [3.63, 3.8) is 0 Å². The van der Waals surface area contributed by atoms with Crippen molar-refractivity contribution in [1.82, 2.24) is 20.2 Å². The molecule has 0 radical (unpaired) electrons. The van der Waals surface area contributed by atoms with Gasteiger partial charge in [-0.3, -0.25) is 0 Å². The molecule has 3 rings (SSSR count). The van der Waals surface area contributed by atoms with Gasteiger partial charge in [0.2, 0.25) is 6.79 Å². The predicted octanol–water partition coefficient (Wildman–Crippen LogP) is 0.282. The fraction of sp³-hybridized carbons (Fsp3) is 0.364. The van der Waals surface area contributed by atoms with E-state index in [0.717, 1.165) is 30.1 Å². The summed E-state index contributed by atoms with van der Waals surface area (Å²) in [5.41, 5.74) is 6.35. The monoisotopic (exact) mass is 247 g/mol. The fourth-order valence-electron chi connectivity index (χ4n) is 1.84. The predicted molar refractivity (Wildman–Crippen MR) is 62.7 cm³/mol. The summed E-state index contributed by atoms with van der Waals surface area (Å²) in [4.78, 5) is 0. The number of ether oxygens (including phenoxy) is 2. The van der Waals surface area contributed by atoms with Crippen LogP contribution < -0.4 is 15.2 Å². The van der Waals surface area contributed by atoms with Gasteiger partial charge in [0.25, 0.3) is 0 Å². The molecule has 7 nitrogen and oxygen atoms in total. The summed E-state index contributed by atoms with van der Waals surface area (Å²) in [6, 6.07) is 5.62. The zero-order chi connectivity index (χ0) is 12.4. The molecule has 1 aliphatic rings. The van der Waals surface area contributed by atoms with Crippen LogP contribution in [0.4, 0.5) is 0 Å². The van der Waals surface area contributed by atoms with Gasteiger partial charge in [-0.2, -0.15) is 4.68 Å². The van der Waals surface area contributed by atoms with E-state index < -0.39 is 0 Å². The van der Waals surface area contributed by atoms with Crippen LogP contribution in [0.1, 0.15) is 12.2 Å². The highest BCUT2D eigenvalue weighted by Gasteiger charge is 2.15. The minimum Gasteiger partial charge on any atom is -0.454 e. The molecule has 0 unspecified atom stereocenters. The third kappa shape index (κ3) is 1.88. The van der Waals surface area contributed by atoms with E-state index in [2.05, 4.69) is 15.5 Å². The number of hydrogen-bond acceptors (Lipinski definition) is 6. The highest BCUT2D eigenvalue weighted by atomic mass is 16.7. The second-order valence-electron chi connectivity index (χ2n) is 3.94. The number of nitrogens with two attached hydrogens (primary N) is 1.